The van der Waals surface area contributed by atoms with Crippen molar-refractivity contribution >= 4 is 16.8 Å². The van der Waals surface area contributed by atoms with Crippen LogP contribution in [0.15, 0.2) is 30.5 Å². The molecule has 2 saturated heterocycles. The highest BCUT2D eigenvalue weighted by Crippen LogP contribution is 2.25. The van der Waals surface area contributed by atoms with E-state index in [1.165, 1.54) is 68.7 Å². The van der Waals surface area contributed by atoms with Gasteiger partial charge in [0.05, 0.1) is 0 Å². The smallest absolute Gasteiger partial charge is 0.253 e. The number of nitrogens with zero attached hydrogens (tertiary/aromatic N) is 3. The zero-order valence-electron chi connectivity index (χ0n) is 18.9. The Morgan fingerprint density at radius 1 is 0.935 bits per heavy atom. The Bertz CT molecular complexity index is 869. The fraction of sp³-hybridized carbons (Fsp3) is 0.654. The van der Waals surface area contributed by atoms with Crippen molar-refractivity contribution in [2.75, 3.05) is 32.7 Å². The molecule has 168 valence electrons. The minimum Gasteiger partial charge on any atom is -0.347 e. The van der Waals surface area contributed by atoms with Crippen molar-refractivity contribution in [2.24, 2.45) is 0 Å². The van der Waals surface area contributed by atoms with Gasteiger partial charge in [0.1, 0.15) is 0 Å². The lowest BCUT2D eigenvalue weighted by atomic mass is 10.1. The number of benzene rings is 1. The number of hydrogen-bond acceptors (Lipinski definition) is 3. The number of hydrogen-bond donors (Lipinski definition) is 1. The van der Waals surface area contributed by atoms with E-state index in [2.05, 4.69) is 44.1 Å². The highest BCUT2D eigenvalue weighted by Gasteiger charge is 2.28. The fourth-order valence-electron chi connectivity index (χ4n) is 5.91. The normalized spacial score (nSPS) is 24.0. The standard InChI is InChI=1S/C26H38N4O/c31-26(30-18-16-28(17-19-30)24-7-3-4-8-24)22-9-10-25-21(20-22)11-14-29(25)15-12-23-6-2-1-5-13-27-23/h9-11,14,20,23-24,27H,1-8,12-13,15-19H2. The molecule has 1 aromatic heterocycles. The molecule has 1 aliphatic carbocycles. The largest absolute Gasteiger partial charge is 0.347 e. The van der Waals surface area contributed by atoms with Gasteiger partial charge in [-0.25, -0.2) is 0 Å². The van der Waals surface area contributed by atoms with Crippen LogP contribution in [-0.4, -0.2) is 65.1 Å². The number of aryl methyl sites for hydroxylation is 1. The number of rotatable bonds is 5. The first-order chi connectivity index (χ1) is 15.3. The van der Waals surface area contributed by atoms with Gasteiger partial charge in [0.25, 0.3) is 5.91 Å². The van der Waals surface area contributed by atoms with E-state index in [1.807, 2.05) is 6.07 Å². The molecule has 3 aliphatic rings. The van der Waals surface area contributed by atoms with Gasteiger partial charge in [-0.1, -0.05) is 25.7 Å². The average Bonchev–Trinajstić information content (AvgIpc) is 3.42. The van der Waals surface area contributed by atoms with Gasteiger partial charge < -0.3 is 14.8 Å². The van der Waals surface area contributed by atoms with Crippen LogP contribution in [0.2, 0.25) is 0 Å². The van der Waals surface area contributed by atoms with E-state index in [-0.39, 0.29) is 5.91 Å². The molecule has 3 fully saturated rings. The van der Waals surface area contributed by atoms with E-state index in [0.717, 1.165) is 50.9 Å². The molecule has 1 amide bonds. The van der Waals surface area contributed by atoms with Crippen LogP contribution < -0.4 is 5.32 Å². The maximum Gasteiger partial charge on any atom is 0.253 e. The van der Waals surface area contributed by atoms with Gasteiger partial charge in [0.15, 0.2) is 0 Å². The van der Waals surface area contributed by atoms with Crippen LogP contribution in [0.25, 0.3) is 10.9 Å². The summed E-state index contributed by atoms with van der Waals surface area (Å²) in [6.45, 7) is 6.00. The van der Waals surface area contributed by atoms with Crippen LogP contribution in [0.3, 0.4) is 0 Å². The van der Waals surface area contributed by atoms with Gasteiger partial charge in [-0.05, 0) is 62.9 Å². The summed E-state index contributed by atoms with van der Waals surface area (Å²) in [6.07, 6.45) is 14.1. The molecule has 0 bridgehead atoms. The number of piperazine rings is 1. The molecule has 0 radical (unpaired) electrons. The molecule has 1 unspecified atom stereocenters. The first-order valence-corrected chi connectivity index (χ1v) is 12.6. The lowest BCUT2D eigenvalue weighted by molar-refractivity contribution is 0.0573. The van der Waals surface area contributed by atoms with Crippen LogP contribution >= 0.6 is 0 Å². The number of nitrogens with one attached hydrogen (secondary N) is 1. The molecular weight excluding hydrogens is 384 g/mol. The molecule has 1 saturated carbocycles. The van der Waals surface area contributed by atoms with Crippen LogP contribution in [0.1, 0.15) is 68.1 Å². The Balaban J connectivity index is 1.19. The predicted molar refractivity (Wildman–Crippen MR) is 127 cm³/mol. The molecule has 3 heterocycles. The third-order valence-electron chi connectivity index (χ3n) is 7.84. The quantitative estimate of drug-likeness (QED) is 0.783. The SMILES string of the molecule is O=C(c1ccc2c(ccn2CCC2CCCCCN2)c1)N1CCN(C2CCCC2)CC1. The Morgan fingerprint density at radius 3 is 2.58 bits per heavy atom. The number of amides is 1. The molecular formula is C26H38N4O. The highest BCUT2D eigenvalue weighted by molar-refractivity contribution is 5.98. The average molecular weight is 423 g/mol. The number of carbonyl (C=O) groups is 1. The van der Waals surface area contributed by atoms with Gasteiger partial charge in [-0.3, -0.25) is 9.69 Å². The van der Waals surface area contributed by atoms with Gasteiger partial charge >= 0.3 is 0 Å². The maximum atomic E-state index is 13.1. The zero-order valence-corrected chi connectivity index (χ0v) is 18.9. The lowest BCUT2D eigenvalue weighted by Gasteiger charge is -2.38. The maximum absolute atomic E-state index is 13.1. The van der Waals surface area contributed by atoms with Gasteiger partial charge in [-0.15, -0.1) is 0 Å². The molecule has 2 aromatic rings. The fourth-order valence-corrected chi connectivity index (χ4v) is 5.91. The summed E-state index contributed by atoms with van der Waals surface area (Å²) in [5, 5.41) is 4.89. The minimum atomic E-state index is 0.198. The summed E-state index contributed by atoms with van der Waals surface area (Å²) in [4.78, 5) is 17.8. The van der Waals surface area contributed by atoms with E-state index in [1.54, 1.807) is 0 Å². The second kappa shape index (κ2) is 9.74. The van der Waals surface area contributed by atoms with E-state index in [4.69, 9.17) is 0 Å². The summed E-state index contributed by atoms with van der Waals surface area (Å²) < 4.78 is 2.36. The Hall–Kier alpha value is -1.85. The van der Waals surface area contributed by atoms with Crippen molar-refractivity contribution in [1.82, 2.24) is 19.7 Å². The van der Waals surface area contributed by atoms with Crippen LogP contribution in [0.4, 0.5) is 0 Å². The molecule has 5 heteroatoms. The van der Waals surface area contributed by atoms with Crippen molar-refractivity contribution in [3.05, 3.63) is 36.0 Å². The first-order valence-electron chi connectivity index (χ1n) is 12.6. The van der Waals surface area contributed by atoms with Crippen molar-refractivity contribution in [2.45, 2.75) is 76.4 Å². The van der Waals surface area contributed by atoms with Crippen LogP contribution in [0, 0.1) is 0 Å². The Kier molecular flexibility index (Phi) is 6.61. The minimum absolute atomic E-state index is 0.198. The predicted octanol–water partition coefficient (Wildman–Crippen LogP) is 4.26. The van der Waals surface area contributed by atoms with Crippen LogP contribution in [-0.2, 0) is 6.54 Å². The molecule has 0 spiro atoms. The van der Waals surface area contributed by atoms with Crippen molar-refractivity contribution in [3.63, 3.8) is 0 Å². The van der Waals surface area contributed by atoms with Crippen LogP contribution in [0.5, 0.6) is 0 Å². The molecule has 1 aromatic carbocycles. The van der Waals surface area contributed by atoms with Gasteiger partial charge in [0, 0.05) is 67.5 Å². The van der Waals surface area contributed by atoms with Crippen molar-refractivity contribution < 1.29 is 4.79 Å². The van der Waals surface area contributed by atoms with E-state index in [0.29, 0.717) is 6.04 Å². The van der Waals surface area contributed by atoms with E-state index < -0.39 is 0 Å². The summed E-state index contributed by atoms with van der Waals surface area (Å²) in [5.41, 5.74) is 2.08. The topological polar surface area (TPSA) is 40.5 Å². The third-order valence-corrected chi connectivity index (χ3v) is 7.84. The van der Waals surface area contributed by atoms with E-state index >= 15 is 0 Å². The molecule has 1 atom stereocenters. The third kappa shape index (κ3) is 4.83. The molecule has 31 heavy (non-hydrogen) atoms. The lowest BCUT2D eigenvalue weighted by Crippen LogP contribution is -2.51. The second-order valence-electron chi connectivity index (χ2n) is 9.84. The van der Waals surface area contributed by atoms with Gasteiger partial charge in [0.2, 0.25) is 0 Å². The molecule has 2 aliphatic heterocycles. The monoisotopic (exact) mass is 422 g/mol. The van der Waals surface area contributed by atoms with Gasteiger partial charge in [-0.2, -0.15) is 0 Å². The second-order valence-corrected chi connectivity index (χ2v) is 9.84. The van der Waals surface area contributed by atoms with Crippen molar-refractivity contribution in [1.29, 1.82) is 0 Å². The van der Waals surface area contributed by atoms with Crippen molar-refractivity contribution in [3.8, 4) is 0 Å². The number of fused-ring (bicyclic) bond motifs is 1. The van der Waals surface area contributed by atoms with E-state index in [9.17, 15) is 4.79 Å². The highest BCUT2D eigenvalue weighted by atomic mass is 16.2. The summed E-state index contributed by atoms with van der Waals surface area (Å²) in [7, 11) is 0. The summed E-state index contributed by atoms with van der Waals surface area (Å²) in [6, 6.07) is 9.86. The Morgan fingerprint density at radius 2 is 1.74 bits per heavy atom. The molecule has 1 N–H and O–H groups in total. The molecule has 5 nitrogen and oxygen atoms in total. The first kappa shape index (κ1) is 21.0. The Labute approximate surface area is 186 Å². The zero-order chi connectivity index (χ0) is 21.0. The number of aromatic nitrogens is 1. The summed E-state index contributed by atoms with van der Waals surface area (Å²) >= 11 is 0. The molecule has 5 rings (SSSR count). The summed E-state index contributed by atoms with van der Waals surface area (Å²) in [5.74, 6) is 0.198. The number of carbonyl (C=O) groups excluding carboxylic acids is 1.